The van der Waals surface area contributed by atoms with Gasteiger partial charge in [-0.15, -0.1) is 0 Å². The fourth-order valence-corrected chi connectivity index (χ4v) is 3.91. The van der Waals surface area contributed by atoms with Gasteiger partial charge >= 0.3 is 6.18 Å². The van der Waals surface area contributed by atoms with Gasteiger partial charge in [-0.3, -0.25) is 14.3 Å². The third-order valence-corrected chi connectivity index (χ3v) is 5.51. The average Bonchev–Trinajstić information content (AvgIpc) is 3.21. The number of alkyl halides is 3. The molecule has 1 aliphatic rings. The second kappa shape index (κ2) is 9.60. The molecule has 2 amide bonds. The summed E-state index contributed by atoms with van der Waals surface area (Å²) in [6.07, 6.45) is -2.88. The van der Waals surface area contributed by atoms with Crippen LogP contribution in [-0.4, -0.2) is 40.4 Å². The normalized spacial score (nSPS) is 15.5. The van der Waals surface area contributed by atoms with Gasteiger partial charge in [0, 0.05) is 17.8 Å². The van der Waals surface area contributed by atoms with Crippen LogP contribution in [0.5, 0.6) is 0 Å². The minimum atomic E-state index is -4.29. The monoisotopic (exact) mass is 482 g/mol. The molecule has 4 rings (SSSR count). The van der Waals surface area contributed by atoms with Crippen molar-refractivity contribution in [3.05, 3.63) is 77.1 Å². The van der Waals surface area contributed by atoms with Crippen molar-refractivity contribution in [2.75, 3.05) is 16.8 Å². The van der Waals surface area contributed by atoms with Gasteiger partial charge in [0.05, 0.1) is 42.6 Å². The Balaban J connectivity index is 1.52. The van der Waals surface area contributed by atoms with Crippen LogP contribution in [0.1, 0.15) is 38.9 Å². The highest BCUT2D eigenvalue weighted by Crippen LogP contribution is 2.29. The van der Waals surface area contributed by atoms with E-state index in [1.54, 1.807) is 47.4 Å². The van der Waals surface area contributed by atoms with Crippen LogP contribution in [0.15, 0.2) is 54.7 Å². The standard InChI is InChI=1S/C24H21F3N6O2/c1-15-13-32-21(20(12-30-32)31-22(34)18-4-2-3-17(9-18)10-28)23(35)33(15)19-7-5-16(6-8-19)11-29-14-24(25,26)27/h2-9,12,15,29H,11,13-14H2,1H3,(H,31,34). The van der Waals surface area contributed by atoms with Crippen LogP contribution >= 0.6 is 0 Å². The number of fused-ring (bicyclic) bond motifs is 1. The fraction of sp³-hybridized carbons (Fsp3) is 0.250. The largest absolute Gasteiger partial charge is 0.401 e. The number of hydrogen-bond donors (Lipinski definition) is 2. The molecule has 11 heteroatoms. The van der Waals surface area contributed by atoms with Gasteiger partial charge in [0.25, 0.3) is 11.8 Å². The van der Waals surface area contributed by atoms with E-state index in [2.05, 4.69) is 15.7 Å². The molecule has 2 N–H and O–H groups in total. The number of rotatable bonds is 6. The maximum atomic E-state index is 13.4. The molecule has 8 nitrogen and oxygen atoms in total. The second-order valence-electron chi connectivity index (χ2n) is 8.15. The highest BCUT2D eigenvalue weighted by molar-refractivity contribution is 6.13. The molecule has 180 valence electrons. The molecule has 3 aromatic rings. The van der Waals surface area contributed by atoms with Crippen LogP contribution in [-0.2, 0) is 13.1 Å². The van der Waals surface area contributed by atoms with Crippen molar-refractivity contribution in [1.82, 2.24) is 15.1 Å². The predicted octanol–water partition coefficient (Wildman–Crippen LogP) is 3.71. The highest BCUT2D eigenvalue weighted by Gasteiger charge is 2.34. The lowest BCUT2D eigenvalue weighted by Crippen LogP contribution is -2.47. The quantitative estimate of drug-likeness (QED) is 0.558. The molecule has 1 aromatic heterocycles. The van der Waals surface area contributed by atoms with Crippen molar-refractivity contribution in [1.29, 1.82) is 5.26 Å². The van der Waals surface area contributed by atoms with Crippen LogP contribution in [0, 0.1) is 11.3 Å². The summed E-state index contributed by atoms with van der Waals surface area (Å²) in [6.45, 7) is 1.19. The van der Waals surface area contributed by atoms with Crippen molar-refractivity contribution >= 4 is 23.2 Å². The maximum absolute atomic E-state index is 13.4. The number of nitriles is 1. The van der Waals surface area contributed by atoms with Crippen molar-refractivity contribution < 1.29 is 22.8 Å². The molecule has 1 atom stereocenters. The van der Waals surface area contributed by atoms with Crippen LogP contribution in [0.4, 0.5) is 24.5 Å². The fourth-order valence-electron chi connectivity index (χ4n) is 3.91. The summed E-state index contributed by atoms with van der Waals surface area (Å²) in [5, 5.41) is 18.3. The van der Waals surface area contributed by atoms with E-state index in [1.165, 1.54) is 16.9 Å². The maximum Gasteiger partial charge on any atom is 0.401 e. The Morgan fingerprint density at radius 2 is 1.97 bits per heavy atom. The van der Waals surface area contributed by atoms with Crippen LogP contribution in [0.2, 0.25) is 0 Å². The molecule has 0 saturated carbocycles. The zero-order valence-electron chi connectivity index (χ0n) is 18.6. The number of anilines is 2. The zero-order chi connectivity index (χ0) is 25.2. The Bertz CT molecular complexity index is 1290. The van der Waals surface area contributed by atoms with Gasteiger partial charge < -0.3 is 15.5 Å². The molecular formula is C24H21F3N6O2. The van der Waals surface area contributed by atoms with E-state index in [9.17, 15) is 22.8 Å². The van der Waals surface area contributed by atoms with Gasteiger partial charge in [-0.05, 0) is 42.8 Å². The van der Waals surface area contributed by atoms with Gasteiger partial charge in [0.15, 0.2) is 0 Å². The number of aromatic nitrogens is 2. The summed E-state index contributed by atoms with van der Waals surface area (Å²) in [7, 11) is 0. The second-order valence-corrected chi connectivity index (χ2v) is 8.15. The van der Waals surface area contributed by atoms with E-state index in [1.807, 2.05) is 13.0 Å². The van der Waals surface area contributed by atoms with Crippen LogP contribution < -0.4 is 15.5 Å². The summed E-state index contributed by atoms with van der Waals surface area (Å²) in [4.78, 5) is 27.7. The summed E-state index contributed by atoms with van der Waals surface area (Å²) < 4.78 is 38.5. The van der Waals surface area contributed by atoms with Crippen LogP contribution in [0.3, 0.4) is 0 Å². The molecular weight excluding hydrogens is 461 g/mol. The van der Waals surface area contributed by atoms with Gasteiger partial charge in [-0.25, -0.2) is 0 Å². The van der Waals surface area contributed by atoms with Gasteiger partial charge in [0.1, 0.15) is 5.69 Å². The Morgan fingerprint density at radius 3 is 2.66 bits per heavy atom. The van der Waals surface area contributed by atoms with Crippen molar-refractivity contribution in [3.63, 3.8) is 0 Å². The van der Waals surface area contributed by atoms with Gasteiger partial charge in [0.2, 0.25) is 0 Å². The smallest absolute Gasteiger partial charge is 0.319 e. The van der Waals surface area contributed by atoms with E-state index >= 15 is 0 Å². The van der Waals surface area contributed by atoms with E-state index in [4.69, 9.17) is 5.26 Å². The van der Waals surface area contributed by atoms with Crippen LogP contribution in [0.25, 0.3) is 0 Å². The molecule has 0 aliphatic carbocycles. The summed E-state index contributed by atoms with van der Waals surface area (Å²) in [5.41, 5.74) is 2.28. The van der Waals surface area contributed by atoms with E-state index < -0.39 is 18.6 Å². The van der Waals surface area contributed by atoms with E-state index in [-0.39, 0.29) is 35.4 Å². The molecule has 0 spiro atoms. The molecule has 2 aromatic carbocycles. The number of nitrogens with zero attached hydrogens (tertiary/aromatic N) is 4. The molecule has 1 unspecified atom stereocenters. The van der Waals surface area contributed by atoms with E-state index in [0.29, 0.717) is 23.4 Å². The number of carbonyl (C=O) groups excluding carboxylic acids is 2. The summed E-state index contributed by atoms with van der Waals surface area (Å²) in [5.74, 6) is -0.850. The van der Waals surface area contributed by atoms with Crippen molar-refractivity contribution in [2.24, 2.45) is 0 Å². The lowest BCUT2D eigenvalue weighted by atomic mass is 10.1. The number of amides is 2. The molecule has 1 aliphatic heterocycles. The van der Waals surface area contributed by atoms with E-state index in [0.717, 1.165) is 0 Å². The lowest BCUT2D eigenvalue weighted by Gasteiger charge is -2.34. The molecule has 0 fully saturated rings. The molecule has 2 heterocycles. The average molecular weight is 482 g/mol. The number of halogens is 3. The van der Waals surface area contributed by atoms with Crippen molar-refractivity contribution in [2.45, 2.75) is 32.2 Å². The van der Waals surface area contributed by atoms with Gasteiger partial charge in [-0.2, -0.15) is 23.5 Å². The summed E-state index contributed by atoms with van der Waals surface area (Å²) in [6, 6.07) is 14.6. The Hall–Kier alpha value is -4.17. The van der Waals surface area contributed by atoms with Crippen molar-refractivity contribution in [3.8, 4) is 6.07 Å². The molecule has 35 heavy (non-hydrogen) atoms. The first-order valence-corrected chi connectivity index (χ1v) is 10.7. The highest BCUT2D eigenvalue weighted by atomic mass is 19.4. The molecule has 0 bridgehead atoms. The first kappa shape index (κ1) is 24.0. The number of carbonyl (C=O) groups is 2. The SMILES string of the molecule is CC1Cn2ncc(NC(=O)c3cccc(C#N)c3)c2C(=O)N1c1ccc(CNCC(F)(F)F)cc1. The van der Waals surface area contributed by atoms with Gasteiger partial charge in [-0.1, -0.05) is 18.2 Å². The molecule has 0 saturated heterocycles. The predicted molar refractivity (Wildman–Crippen MR) is 122 cm³/mol. The number of benzene rings is 2. The Kier molecular flexibility index (Phi) is 6.57. The first-order chi connectivity index (χ1) is 16.7. The lowest BCUT2D eigenvalue weighted by molar-refractivity contribution is -0.125. The zero-order valence-corrected chi connectivity index (χ0v) is 18.6. The molecule has 0 radical (unpaired) electrons. The first-order valence-electron chi connectivity index (χ1n) is 10.7. The minimum absolute atomic E-state index is 0.0409. The number of nitrogens with one attached hydrogen (secondary N) is 2. The topological polar surface area (TPSA) is 103 Å². The number of hydrogen-bond acceptors (Lipinski definition) is 5. The Morgan fingerprint density at radius 1 is 1.23 bits per heavy atom. The minimum Gasteiger partial charge on any atom is -0.319 e. The Labute approximate surface area is 199 Å². The summed E-state index contributed by atoms with van der Waals surface area (Å²) >= 11 is 0. The third kappa shape index (κ3) is 5.33. The third-order valence-electron chi connectivity index (χ3n) is 5.51.